The van der Waals surface area contributed by atoms with E-state index in [0.29, 0.717) is 19.4 Å². The number of aryl methyl sites for hydroxylation is 1. The summed E-state index contributed by atoms with van der Waals surface area (Å²) >= 11 is 3.18. The summed E-state index contributed by atoms with van der Waals surface area (Å²) in [5.74, 6) is 0.121. The molecular weight excluding hydrogens is 402 g/mol. The van der Waals surface area contributed by atoms with E-state index in [1.807, 2.05) is 28.5 Å². The lowest BCUT2D eigenvalue weighted by atomic mass is 10.0. The van der Waals surface area contributed by atoms with Gasteiger partial charge >= 0.3 is 0 Å². The van der Waals surface area contributed by atoms with Crippen LogP contribution in [0.15, 0.2) is 53.6 Å². The summed E-state index contributed by atoms with van der Waals surface area (Å²) < 4.78 is 0. The van der Waals surface area contributed by atoms with Crippen molar-refractivity contribution in [3.8, 4) is 11.3 Å². The number of nitrogens with one attached hydrogen (secondary N) is 1. The Bertz CT molecular complexity index is 1100. The van der Waals surface area contributed by atoms with Crippen LogP contribution in [0.25, 0.3) is 11.3 Å². The number of H-pyrrole nitrogens is 1. The average Bonchev–Trinajstić information content (AvgIpc) is 3.53. The fourth-order valence-corrected chi connectivity index (χ4v) is 5.24. The van der Waals surface area contributed by atoms with Gasteiger partial charge in [-0.1, -0.05) is 30.3 Å². The van der Waals surface area contributed by atoms with Crippen LogP contribution in [0.2, 0.25) is 0 Å². The SMILES string of the molecule is O=C(CCc1nccs1)N1CCc2[nH]cnc2[C@H]1c1nc(-c2ccccc2)cs1. The second-order valence-corrected chi connectivity index (χ2v) is 8.74. The topological polar surface area (TPSA) is 74.8 Å². The third-order valence-electron chi connectivity index (χ3n) is 5.11. The Balaban J connectivity index is 1.44. The number of benzene rings is 1. The van der Waals surface area contributed by atoms with Crippen LogP contribution in [0.4, 0.5) is 0 Å². The normalized spacial score (nSPS) is 16.0. The van der Waals surface area contributed by atoms with Crippen LogP contribution < -0.4 is 0 Å². The second kappa shape index (κ2) is 7.88. The number of rotatable bonds is 5. The number of hydrogen-bond acceptors (Lipinski definition) is 6. The number of imidazole rings is 1. The van der Waals surface area contributed by atoms with Gasteiger partial charge in [-0.05, 0) is 0 Å². The highest BCUT2D eigenvalue weighted by Crippen LogP contribution is 2.37. The largest absolute Gasteiger partial charge is 0.348 e. The number of carbonyl (C=O) groups excluding carboxylic acids is 1. The highest BCUT2D eigenvalue weighted by atomic mass is 32.1. The van der Waals surface area contributed by atoms with Gasteiger partial charge in [0, 0.05) is 54.0 Å². The molecule has 4 heterocycles. The third kappa shape index (κ3) is 3.61. The van der Waals surface area contributed by atoms with E-state index in [4.69, 9.17) is 4.98 Å². The molecule has 0 aliphatic carbocycles. The van der Waals surface area contributed by atoms with Crippen LogP contribution >= 0.6 is 22.7 Å². The molecule has 1 aliphatic rings. The van der Waals surface area contributed by atoms with Crippen LogP contribution in [0.3, 0.4) is 0 Å². The monoisotopic (exact) mass is 421 g/mol. The molecule has 0 bridgehead atoms. The molecule has 6 nitrogen and oxygen atoms in total. The highest BCUT2D eigenvalue weighted by molar-refractivity contribution is 7.10. The van der Waals surface area contributed by atoms with Crippen molar-refractivity contribution in [3.05, 3.63) is 75.0 Å². The molecule has 0 unspecified atom stereocenters. The number of thiazole rings is 2. The zero-order chi connectivity index (χ0) is 19.6. The van der Waals surface area contributed by atoms with E-state index in [1.54, 1.807) is 35.2 Å². The lowest BCUT2D eigenvalue weighted by Gasteiger charge is -2.33. The maximum Gasteiger partial charge on any atom is 0.223 e. The molecule has 5 rings (SSSR count). The van der Waals surface area contributed by atoms with Crippen LogP contribution in [-0.4, -0.2) is 37.3 Å². The lowest BCUT2D eigenvalue weighted by Crippen LogP contribution is -2.40. The smallest absolute Gasteiger partial charge is 0.223 e. The quantitative estimate of drug-likeness (QED) is 0.527. The summed E-state index contributed by atoms with van der Waals surface area (Å²) in [6.07, 6.45) is 5.39. The average molecular weight is 422 g/mol. The van der Waals surface area contributed by atoms with Gasteiger partial charge in [-0.2, -0.15) is 0 Å². The lowest BCUT2D eigenvalue weighted by molar-refractivity contribution is -0.133. The van der Waals surface area contributed by atoms with Crippen LogP contribution in [-0.2, 0) is 17.6 Å². The summed E-state index contributed by atoms with van der Waals surface area (Å²) in [4.78, 5) is 32.0. The van der Waals surface area contributed by atoms with E-state index in [-0.39, 0.29) is 11.9 Å². The summed E-state index contributed by atoms with van der Waals surface area (Å²) in [6, 6.07) is 9.88. The molecule has 1 amide bonds. The van der Waals surface area contributed by atoms with Gasteiger partial charge in [0.05, 0.1) is 22.7 Å². The van der Waals surface area contributed by atoms with Crippen LogP contribution in [0.1, 0.15) is 33.9 Å². The Morgan fingerprint density at radius 1 is 1.21 bits per heavy atom. The maximum absolute atomic E-state index is 13.1. The molecule has 0 saturated heterocycles. The number of carbonyl (C=O) groups is 1. The summed E-state index contributed by atoms with van der Waals surface area (Å²) in [5, 5.41) is 5.90. The van der Waals surface area contributed by atoms with E-state index in [9.17, 15) is 4.79 Å². The molecule has 0 fully saturated rings. The van der Waals surface area contributed by atoms with Crippen molar-refractivity contribution in [2.24, 2.45) is 0 Å². The summed E-state index contributed by atoms with van der Waals surface area (Å²) in [7, 11) is 0. The molecule has 0 saturated carbocycles. The number of amides is 1. The minimum Gasteiger partial charge on any atom is -0.348 e. The first kappa shape index (κ1) is 18.2. The van der Waals surface area contributed by atoms with Gasteiger partial charge in [-0.25, -0.2) is 15.0 Å². The van der Waals surface area contributed by atoms with E-state index >= 15 is 0 Å². The number of nitrogens with zero attached hydrogens (tertiary/aromatic N) is 4. The molecule has 1 aliphatic heterocycles. The third-order valence-corrected chi connectivity index (χ3v) is 6.84. The van der Waals surface area contributed by atoms with Gasteiger partial charge in [0.25, 0.3) is 0 Å². The summed E-state index contributed by atoms with van der Waals surface area (Å²) in [6.45, 7) is 0.664. The highest BCUT2D eigenvalue weighted by Gasteiger charge is 2.35. The molecule has 4 aromatic rings. The Morgan fingerprint density at radius 2 is 2.10 bits per heavy atom. The zero-order valence-corrected chi connectivity index (χ0v) is 17.2. The van der Waals surface area contributed by atoms with Crippen molar-refractivity contribution < 1.29 is 4.79 Å². The predicted octanol–water partition coefficient (Wildman–Crippen LogP) is 4.10. The fraction of sp³-hybridized carbons (Fsp3) is 0.238. The molecular formula is C21H19N5OS2. The predicted molar refractivity (Wildman–Crippen MR) is 114 cm³/mol. The van der Waals surface area contributed by atoms with E-state index in [1.165, 1.54) is 0 Å². The maximum atomic E-state index is 13.1. The molecule has 0 radical (unpaired) electrons. The second-order valence-electron chi connectivity index (χ2n) is 6.87. The standard InChI is InChI=1S/C21H19N5OS2/c27-18(7-6-17-22-9-11-28-17)26-10-8-15-19(24-13-23-15)20(26)21-25-16(12-29-21)14-4-2-1-3-5-14/h1-5,9,11-13,20H,6-8,10H2,(H,23,24)/t20-/m0/s1. The minimum absolute atomic E-state index is 0.121. The first-order valence-electron chi connectivity index (χ1n) is 9.50. The van der Waals surface area contributed by atoms with Crippen molar-refractivity contribution in [2.45, 2.75) is 25.3 Å². The number of aromatic nitrogens is 4. The van der Waals surface area contributed by atoms with Crippen molar-refractivity contribution >= 4 is 28.6 Å². The van der Waals surface area contributed by atoms with Gasteiger partial charge < -0.3 is 9.88 Å². The van der Waals surface area contributed by atoms with E-state index in [0.717, 1.165) is 39.1 Å². The Kier molecular flexibility index (Phi) is 4.95. The molecule has 8 heteroatoms. The summed E-state index contributed by atoms with van der Waals surface area (Å²) in [5.41, 5.74) is 4.02. The van der Waals surface area contributed by atoms with Crippen molar-refractivity contribution in [3.63, 3.8) is 0 Å². The van der Waals surface area contributed by atoms with Crippen LogP contribution in [0, 0.1) is 0 Å². The van der Waals surface area contributed by atoms with Crippen LogP contribution in [0.5, 0.6) is 0 Å². The Labute approximate surface area is 176 Å². The van der Waals surface area contributed by atoms with Gasteiger partial charge in [-0.15, -0.1) is 22.7 Å². The number of aromatic amines is 1. The molecule has 146 valence electrons. The van der Waals surface area contributed by atoms with Crippen molar-refractivity contribution in [1.82, 2.24) is 24.8 Å². The first-order chi connectivity index (χ1) is 14.3. The zero-order valence-electron chi connectivity index (χ0n) is 15.6. The van der Waals surface area contributed by atoms with E-state index < -0.39 is 0 Å². The minimum atomic E-state index is -0.240. The molecule has 1 aromatic carbocycles. The molecule has 1 N–H and O–H groups in total. The van der Waals surface area contributed by atoms with Crippen molar-refractivity contribution in [1.29, 1.82) is 0 Å². The van der Waals surface area contributed by atoms with Gasteiger partial charge in [0.2, 0.25) is 5.91 Å². The van der Waals surface area contributed by atoms with Crippen molar-refractivity contribution in [2.75, 3.05) is 6.54 Å². The number of fused-ring (bicyclic) bond motifs is 1. The Hall–Kier alpha value is -2.84. The van der Waals surface area contributed by atoms with Gasteiger partial charge in [0.15, 0.2) is 0 Å². The molecule has 0 spiro atoms. The van der Waals surface area contributed by atoms with Gasteiger partial charge in [0.1, 0.15) is 11.0 Å². The molecule has 3 aromatic heterocycles. The number of hydrogen-bond donors (Lipinski definition) is 1. The Morgan fingerprint density at radius 3 is 2.93 bits per heavy atom. The molecule has 29 heavy (non-hydrogen) atoms. The molecule has 1 atom stereocenters. The fourth-order valence-electron chi connectivity index (χ4n) is 3.68. The first-order valence-corrected chi connectivity index (χ1v) is 11.3. The van der Waals surface area contributed by atoms with Gasteiger partial charge in [-0.3, -0.25) is 4.79 Å². The van der Waals surface area contributed by atoms with E-state index in [2.05, 4.69) is 32.5 Å².